The number of nitrogens with zero attached hydrogens (tertiary/aromatic N) is 1. The third kappa shape index (κ3) is 2.58. The number of benzene rings is 1. The van der Waals surface area contributed by atoms with Crippen LogP contribution in [0.2, 0.25) is 0 Å². The van der Waals surface area contributed by atoms with Crippen LogP contribution in [0.25, 0.3) is 0 Å². The first kappa shape index (κ1) is 11.7. The molecule has 0 aliphatic heterocycles. The molecule has 76 valence electrons. The lowest BCUT2D eigenvalue weighted by molar-refractivity contribution is 0.0801. The SMILES string of the molecule is CCN(C)C(=O)c1ccc(Br)cc1Br. The van der Waals surface area contributed by atoms with Crippen molar-refractivity contribution < 1.29 is 4.79 Å². The van der Waals surface area contributed by atoms with Gasteiger partial charge >= 0.3 is 0 Å². The Morgan fingerprint density at radius 1 is 1.43 bits per heavy atom. The highest BCUT2D eigenvalue weighted by atomic mass is 79.9. The molecule has 0 saturated carbocycles. The van der Waals surface area contributed by atoms with Crippen molar-refractivity contribution in [1.29, 1.82) is 0 Å². The lowest BCUT2D eigenvalue weighted by Crippen LogP contribution is -2.26. The van der Waals surface area contributed by atoms with Crippen LogP contribution >= 0.6 is 31.9 Å². The maximum atomic E-state index is 11.8. The summed E-state index contributed by atoms with van der Waals surface area (Å²) >= 11 is 6.71. The van der Waals surface area contributed by atoms with Crippen LogP contribution in [0.4, 0.5) is 0 Å². The Labute approximate surface area is 101 Å². The quantitative estimate of drug-likeness (QED) is 0.818. The van der Waals surface area contributed by atoms with E-state index in [1.54, 1.807) is 11.9 Å². The van der Waals surface area contributed by atoms with Crippen molar-refractivity contribution in [3.8, 4) is 0 Å². The zero-order valence-electron chi connectivity index (χ0n) is 8.05. The van der Waals surface area contributed by atoms with Crippen LogP contribution in [-0.4, -0.2) is 24.4 Å². The number of amides is 1. The molecule has 4 heteroatoms. The van der Waals surface area contributed by atoms with E-state index in [1.165, 1.54) is 0 Å². The van der Waals surface area contributed by atoms with E-state index in [1.807, 2.05) is 25.1 Å². The highest BCUT2D eigenvalue weighted by Crippen LogP contribution is 2.22. The van der Waals surface area contributed by atoms with Crippen molar-refractivity contribution in [3.63, 3.8) is 0 Å². The summed E-state index contributed by atoms with van der Waals surface area (Å²) in [5.74, 6) is 0.0341. The van der Waals surface area contributed by atoms with Crippen molar-refractivity contribution in [2.75, 3.05) is 13.6 Å². The first-order valence-corrected chi connectivity index (χ1v) is 5.85. The lowest BCUT2D eigenvalue weighted by atomic mass is 10.2. The molecule has 0 bridgehead atoms. The van der Waals surface area contributed by atoms with E-state index >= 15 is 0 Å². The molecule has 0 atom stereocenters. The van der Waals surface area contributed by atoms with Crippen LogP contribution < -0.4 is 0 Å². The monoisotopic (exact) mass is 319 g/mol. The average Bonchev–Trinajstić information content (AvgIpc) is 2.15. The first-order chi connectivity index (χ1) is 6.56. The number of hydrogen-bond acceptors (Lipinski definition) is 1. The molecule has 0 unspecified atom stereocenters. The van der Waals surface area contributed by atoms with E-state index in [-0.39, 0.29) is 5.91 Å². The standard InChI is InChI=1S/C10H11Br2NO/c1-3-13(2)10(14)8-5-4-7(11)6-9(8)12/h4-6H,3H2,1-2H3. The average molecular weight is 321 g/mol. The fraction of sp³-hybridized carbons (Fsp3) is 0.300. The van der Waals surface area contributed by atoms with Gasteiger partial charge in [-0.1, -0.05) is 15.9 Å². The minimum Gasteiger partial charge on any atom is -0.342 e. The lowest BCUT2D eigenvalue weighted by Gasteiger charge is -2.15. The molecule has 1 aromatic carbocycles. The topological polar surface area (TPSA) is 20.3 Å². The minimum absolute atomic E-state index is 0.0341. The van der Waals surface area contributed by atoms with E-state index in [0.717, 1.165) is 8.95 Å². The van der Waals surface area contributed by atoms with Gasteiger partial charge in [0.05, 0.1) is 5.56 Å². The molecular formula is C10H11Br2NO. The first-order valence-electron chi connectivity index (χ1n) is 4.26. The molecule has 0 spiro atoms. The zero-order chi connectivity index (χ0) is 10.7. The molecule has 0 radical (unpaired) electrons. The fourth-order valence-electron chi connectivity index (χ4n) is 1.01. The second-order valence-corrected chi connectivity index (χ2v) is 4.71. The van der Waals surface area contributed by atoms with Gasteiger partial charge < -0.3 is 4.90 Å². The molecule has 0 fully saturated rings. The Balaban J connectivity index is 3.02. The summed E-state index contributed by atoms with van der Waals surface area (Å²) in [6, 6.07) is 5.54. The van der Waals surface area contributed by atoms with Gasteiger partial charge in [-0.2, -0.15) is 0 Å². The second kappa shape index (κ2) is 4.94. The summed E-state index contributed by atoms with van der Waals surface area (Å²) in [6.45, 7) is 2.66. The van der Waals surface area contributed by atoms with Crippen LogP contribution in [0.5, 0.6) is 0 Å². The predicted molar refractivity (Wildman–Crippen MR) is 64.5 cm³/mol. The zero-order valence-corrected chi connectivity index (χ0v) is 11.2. The molecule has 2 nitrogen and oxygen atoms in total. The van der Waals surface area contributed by atoms with Gasteiger partial charge in [-0.15, -0.1) is 0 Å². The number of carbonyl (C=O) groups is 1. The number of halogens is 2. The van der Waals surface area contributed by atoms with Crippen LogP contribution in [0.3, 0.4) is 0 Å². The highest BCUT2D eigenvalue weighted by Gasteiger charge is 2.13. The third-order valence-electron chi connectivity index (χ3n) is 1.98. The van der Waals surface area contributed by atoms with Crippen molar-refractivity contribution in [3.05, 3.63) is 32.7 Å². The molecule has 0 aliphatic rings. The molecule has 14 heavy (non-hydrogen) atoms. The van der Waals surface area contributed by atoms with Crippen LogP contribution in [0, 0.1) is 0 Å². The smallest absolute Gasteiger partial charge is 0.254 e. The molecule has 0 heterocycles. The Morgan fingerprint density at radius 3 is 2.57 bits per heavy atom. The maximum Gasteiger partial charge on any atom is 0.254 e. The Morgan fingerprint density at radius 2 is 2.07 bits per heavy atom. The summed E-state index contributed by atoms with van der Waals surface area (Å²) in [4.78, 5) is 13.5. The summed E-state index contributed by atoms with van der Waals surface area (Å²) in [6.07, 6.45) is 0. The summed E-state index contributed by atoms with van der Waals surface area (Å²) < 4.78 is 1.78. The summed E-state index contributed by atoms with van der Waals surface area (Å²) in [5.41, 5.74) is 0.692. The molecule has 1 aromatic rings. The van der Waals surface area contributed by atoms with Crippen LogP contribution in [-0.2, 0) is 0 Å². The Hall–Kier alpha value is -0.350. The second-order valence-electron chi connectivity index (χ2n) is 2.94. The van der Waals surface area contributed by atoms with Crippen molar-refractivity contribution >= 4 is 37.8 Å². The van der Waals surface area contributed by atoms with Gasteiger partial charge in [0, 0.05) is 22.5 Å². The van der Waals surface area contributed by atoms with Crippen molar-refractivity contribution in [2.45, 2.75) is 6.92 Å². The van der Waals surface area contributed by atoms with E-state index in [2.05, 4.69) is 31.9 Å². The van der Waals surface area contributed by atoms with Gasteiger partial charge in [0.25, 0.3) is 5.91 Å². The molecule has 0 aromatic heterocycles. The van der Waals surface area contributed by atoms with Gasteiger partial charge in [0.15, 0.2) is 0 Å². The normalized spacial score (nSPS) is 10.0. The summed E-state index contributed by atoms with van der Waals surface area (Å²) in [7, 11) is 1.79. The maximum absolute atomic E-state index is 11.8. The van der Waals surface area contributed by atoms with E-state index < -0.39 is 0 Å². The van der Waals surface area contributed by atoms with Gasteiger partial charge in [0.2, 0.25) is 0 Å². The van der Waals surface area contributed by atoms with Gasteiger partial charge in [-0.05, 0) is 41.1 Å². The molecule has 0 N–H and O–H groups in total. The largest absolute Gasteiger partial charge is 0.342 e. The van der Waals surface area contributed by atoms with Crippen LogP contribution in [0.1, 0.15) is 17.3 Å². The Bertz CT molecular complexity index is 352. The van der Waals surface area contributed by atoms with Crippen molar-refractivity contribution in [1.82, 2.24) is 4.90 Å². The van der Waals surface area contributed by atoms with Gasteiger partial charge in [-0.25, -0.2) is 0 Å². The summed E-state index contributed by atoms with van der Waals surface area (Å²) in [5, 5.41) is 0. The molecule has 1 rings (SSSR count). The molecule has 0 aliphatic carbocycles. The predicted octanol–water partition coefficient (Wildman–Crippen LogP) is 3.30. The molecule has 1 amide bonds. The number of carbonyl (C=O) groups excluding carboxylic acids is 1. The fourth-order valence-corrected chi connectivity index (χ4v) is 2.23. The van der Waals surface area contributed by atoms with E-state index in [9.17, 15) is 4.79 Å². The molecule has 0 saturated heterocycles. The number of hydrogen-bond donors (Lipinski definition) is 0. The van der Waals surface area contributed by atoms with E-state index in [4.69, 9.17) is 0 Å². The van der Waals surface area contributed by atoms with E-state index in [0.29, 0.717) is 12.1 Å². The van der Waals surface area contributed by atoms with Gasteiger partial charge in [0.1, 0.15) is 0 Å². The third-order valence-corrected chi connectivity index (χ3v) is 3.13. The van der Waals surface area contributed by atoms with Gasteiger partial charge in [-0.3, -0.25) is 4.79 Å². The Kier molecular flexibility index (Phi) is 4.13. The number of rotatable bonds is 2. The van der Waals surface area contributed by atoms with Crippen molar-refractivity contribution in [2.24, 2.45) is 0 Å². The van der Waals surface area contributed by atoms with Crippen LogP contribution in [0.15, 0.2) is 27.1 Å². The molecular weight excluding hydrogens is 310 g/mol. The minimum atomic E-state index is 0.0341. The highest BCUT2D eigenvalue weighted by molar-refractivity contribution is 9.11.